The highest BCUT2D eigenvalue weighted by atomic mass is 35.5. The Morgan fingerprint density at radius 3 is 2.78 bits per heavy atom. The Labute approximate surface area is 165 Å². The summed E-state index contributed by atoms with van der Waals surface area (Å²) in [6.45, 7) is 4.39. The summed E-state index contributed by atoms with van der Waals surface area (Å²) in [5.41, 5.74) is 2.47. The van der Waals surface area contributed by atoms with Crippen molar-refractivity contribution < 1.29 is 9.53 Å². The molecular formula is C20H25ClN4O2. The van der Waals surface area contributed by atoms with E-state index in [9.17, 15) is 4.79 Å². The number of ether oxygens (including phenoxy) is 1. The number of methoxy groups -OCH3 is 1. The molecule has 0 bridgehead atoms. The van der Waals surface area contributed by atoms with E-state index in [-0.39, 0.29) is 5.91 Å². The first-order chi connectivity index (χ1) is 13.2. The van der Waals surface area contributed by atoms with Gasteiger partial charge in [-0.1, -0.05) is 17.7 Å². The van der Waals surface area contributed by atoms with Gasteiger partial charge in [0.25, 0.3) is 5.91 Å². The van der Waals surface area contributed by atoms with Crippen molar-refractivity contribution in [3.8, 4) is 0 Å². The zero-order valence-corrected chi connectivity index (χ0v) is 16.3. The Bertz CT molecular complexity index is 763. The first kappa shape index (κ1) is 19.5. The van der Waals surface area contributed by atoms with Crippen LogP contribution in [0.25, 0.3) is 0 Å². The maximum absolute atomic E-state index is 12.8. The average molecular weight is 389 g/mol. The van der Waals surface area contributed by atoms with E-state index in [1.165, 1.54) is 0 Å². The molecule has 1 aliphatic rings. The summed E-state index contributed by atoms with van der Waals surface area (Å²) in [5.74, 6) is -0.0266. The van der Waals surface area contributed by atoms with Gasteiger partial charge in [0.05, 0.1) is 0 Å². The molecule has 7 heteroatoms. The molecule has 1 N–H and O–H groups in total. The number of pyridine rings is 1. The highest BCUT2D eigenvalue weighted by Crippen LogP contribution is 2.21. The lowest BCUT2D eigenvalue weighted by Crippen LogP contribution is -2.49. The van der Waals surface area contributed by atoms with Gasteiger partial charge < -0.3 is 19.9 Å². The number of anilines is 2. The van der Waals surface area contributed by atoms with Crippen LogP contribution in [0.1, 0.15) is 16.9 Å². The Kier molecular flexibility index (Phi) is 6.90. The number of rotatable bonds is 7. The Morgan fingerprint density at radius 2 is 2.04 bits per heavy atom. The highest BCUT2D eigenvalue weighted by Gasteiger charge is 2.23. The molecule has 144 valence electrons. The lowest BCUT2D eigenvalue weighted by atomic mass is 10.2. The molecule has 1 saturated heterocycles. The molecule has 0 spiro atoms. The molecule has 0 aliphatic carbocycles. The third-order valence-electron chi connectivity index (χ3n) is 4.57. The van der Waals surface area contributed by atoms with Gasteiger partial charge in [0.15, 0.2) is 0 Å². The molecule has 0 unspecified atom stereocenters. The van der Waals surface area contributed by atoms with Crippen LogP contribution in [0, 0.1) is 0 Å². The number of aromatic nitrogens is 1. The average Bonchev–Trinajstić information content (AvgIpc) is 2.71. The standard InChI is InChI=1S/C20H25ClN4O2/c1-27-13-3-7-22-17-6-8-23-19(15-17)20(26)25-11-9-24(10-12-25)18-5-2-4-16(21)14-18/h2,4-6,8,14-15H,3,7,9-13H2,1H3,(H,22,23). The normalized spacial score (nSPS) is 14.3. The molecule has 1 aromatic carbocycles. The number of benzene rings is 1. The number of hydrogen-bond donors (Lipinski definition) is 1. The topological polar surface area (TPSA) is 57.7 Å². The second kappa shape index (κ2) is 9.58. The van der Waals surface area contributed by atoms with Crippen LogP contribution >= 0.6 is 11.6 Å². The molecule has 0 atom stereocenters. The van der Waals surface area contributed by atoms with E-state index in [1.807, 2.05) is 41.3 Å². The lowest BCUT2D eigenvalue weighted by Gasteiger charge is -2.36. The second-order valence-corrected chi connectivity index (χ2v) is 6.90. The molecule has 2 heterocycles. The van der Waals surface area contributed by atoms with Crippen molar-refractivity contribution in [2.24, 2.45) is 0 Å². The fraction of sp³-hybridized carbons (Fsp3) is 0.400. The minimum atomic E-state index is -0.0266. The van der Waals surface area contributed by atoms with Crippen molar-refractivity contribution in [3.63, 3.8) is 0 Å². The summed E-state index contributed by atoms with van der Waals surface area (Å²) in [4.78, 5) is 21.2. The Morgan fingerprint density at radius 1 is 1.22 bits per heavy atom. The van der Waals surface area contributed by atoms with Gasteiger partial charge in [0.2, 0.25) is 0 Å². The Hall–Kier alpha value is -2.31. The monoisotopic (exact) mass is 388 g/mol. The maximum atomic E-state index is 12.8. The third-order valence-corrected chi connectivity index (χ3v) is 4.81. The molecule has 6 nitrogen and oxygen atoms in total. The fourth-order valence-electron chi connectivity index (χ4n) is 3.11. The number of amides is 1. The van der Waals surface area contributed by atoms with Gasteiger partial charge in [-0.2, -0.15) is 0 Å². The molecule has 1 fully saturated rings. The van der Waals surface area contributed by atoms with E-state index in [0.29, 0.717) is 25.4 Å². The van der Waals surface area contributed by atoms with Crippen LogP contribution in [-0.4, -0.2) is 62.2 Å². The van der Waals surface area contributed by atoms with Crippen molar-refractivity contribution in [2.45, 2.75) is 6.42 Å². The van der Waals surface area contributed by atoms with Crippen molar-refractivity contribution in [1.82, 2.24) is 9.88 Å². The van der Waals surface area contributed by atoms with Gasteiger partial charge in [-0.05, 0) is 36.8 Å². The lowest BCUT2D eigenvalue weighted by molar-refractivity contribution is 0.0741. The minimum Gasteiger partial charge on any atom is -0.385 e. The number of nitrogens with one attached hydrogen (secondary N) is 1. The van der Waals surface area contributed by atoms with Gasteiger partial charge in [0.1, 0.15) is 5.69 Å². The summed E-state index contributed by atoms with van der Waals surface area (Å²) in [6.07, 6.45) is 2.58. The van der Waals surface area contributed by atoms with Crippen LogP contribution in [0.2, 0.25) is 5.02 Å². The van der Waals surface area contributed by atoms with Gasteiger partial charge in [-0.3, -0.25) is 9.78 Å². The van der Waals surface area contributed by atoms with Gasteiger partial charge >= 0.3 is 0 Å². The molecule has 0 saturated carbocycles. The SMILES string of the molecule is COCCCNc1ccnc(C(=O)N2CCN(c3cccc(Cl)c3)CC2)c1. The van der Waals surface area contributed by atoms with E-state index < -0.39 is 0 Å². The second-order valence-electron chi connectivity index (χ2n) is 6.46. The van der Waals surface area contributed by atoms with Crippen molar-refractivity contribution >= 4 is 28.9 Å². The zero-order valence-electron chi connectivity index (χ0n) is 15.5. The maximum Gasteiger partial charge on any atom is 0.272 e. The third kappa shape index (κ3) is 5.34. The van der Waals surface area contributed by atoms with Crippen LogP contribution in [0.3, 0.4) is 0 Å². The minimum absolute atomic E-state index is 0.0266. The molecule has 0 radical (unpaired) electrons. The molecule has 1 amide bonds. The summed E-state index contributed by atoms with van der Waals surface area (Å²) in [6, 6.07) is 11.5. The van der Waals surface area contributed by atoms with Crippen molar-refractivity contribution in [2.75, 3.05) is 56.7 Å². The van der Waals surface area contributed by atoms with Gasteiger partial charge in [-0.25, -0.2) is 0 Å². The molecule has 27 heavy (non-hydrogen) atoms. The number of piperazine rings is 1. The van der Waals surface area contributed by atoms with Crippen molar-refractivity contribution in [1.29, 1.82) is 0 Å². The number of hydrogen-bond acceptors (Lipinski definition) is 5. The van der Waals surface area contributed by atoms with E-state index >= 15 is 0 Å². The summed E-state index contributed by atoms with van der Waals surface area (Å²) >= 11 is 6.08. The summed E-state index contributed by atoms with van der Waals surface area (Å²) in [5, 5.41) is 4.03. The molecular weight excluding hydrogens is 364 g/mol. The quantitative estimate of drug-likeness (QED) is 0.738. The van der Waals surface area contributed by atoms with Crippen LogP contribution in [0.5, 0.6) is 0 Å². The molecule has 1 aromatic heterocycles. The van der Waals surface area contributed by atoms with Crippen molar-refractivity contribution in [3.05, 3.63) is 53.3 Å². The summed E-state index contributed by atoms with van der Waals surface area (Å²) < 4.78 is 5.04. The Balaban J connectivity index is 1.56. The van der Waals surface area contributed by atoms with Gasteiger partial charge in [0, 0.05) is 69.0 Å². The zero-order chi connectivity index (χ0) is 19.1. The predicted molar refractivity (Wildman–Crippen MR) is 109 cm³/mol. The number of carbonyl (C=O) groups excluding carboxylic acids is 1. The molecule has 1 aliphatic heterocycles. The van der Waals surface area contributed by atoms with E-state index in [0.717, 1.165) is 42.5 Å². The fourth-order valence-corrected chi connectivity index (χ4v) is 3.29. The summed E-state index contributed by atoms with van der Waals surface area (Å²) in [7, 11) is 1.69. The van der Waals surface area contributed by atoms with Crippen LogP contribution in [-0.2, 0) is 4.74 Å². The largest absolute Gasteiger partial charge is 0.385 e. The number of halogens is 1. The smallest absolute Gasteiger partial charge is 0.272 e. The predicted octanol–water partition coefficient (Wildman–Crippen LogP) is 3.15. The number of nitrogens with zero attached hydrogens (tertiary/aromatic N) is 3. The van der Waals surface area contributed by atoms with Gasteiger partial charge in [-0.15, -0.1) is 0 Å². The molecule has 3 rings (SSSR count). The molecule has 2 aromatic rings. The van der Waals surface area contributed by atoms with E-state index in [4.69, 9.17) is 16.3 Å². The first-order valence-electron chi connectivity index (χ1n) is 9.16. The van der Waals surface area contributed by atoms with Crippen LogP contribution in [0.15, 0.2) is 42.6 Å². The van der Waals surface area contributed by atoms with E-state index in [2.05, 4.69) is 15.2 Å². The van der Waals surface area contributed by atoms with E-state index in [1.54, 1.807) is 13.3 Å². The first-order valence-corrected chi connectivity index (χ1v) is 9.54. The number of carbonyl (C=O) groups is 1. The van der Waals surface area contributed by atoms with Crippen LogP contribution in [0.4, 0.5) is 11.4 Å². The highest BCUT2D eigenvalue weighted by molar-refractivity contribution is 6.30. The van der Waals surface area contributed by atoms with Crippen LogP contribution < -0.4 is 10.2 Å².